The zero-order chi connectivity index (χ0) is 60.6. The maximum Gasteiger partial charge on any atom is 0.305 e. The van der Waals surface area contributed by atoms with Gasteiger partial charge < -0.3 is 20.3 Å². The summed E-state index contributed by atoms with van der Waals surface area (Å²) in [6.45, 7) is 4.93. The molecule has 0 fully saturated rings. The summed E-state index contributed by atoms with van der Waals surface area (Å²) >= 11 is 0. The first-order chi connectivity index (χ1) is 41.5. The molecule has 0 aromatic carbocycles. The quantitative estimate of drug-likeness (QED) is 0.0320. The molecule has 498 valence electrons. The molecular weight excluding hydrogens is 1030 g/mol. The number of esters is 1. The Kier molecular flexibility index (Phi) is 72.3. The Morgan fingerprint density at radius 2 is 0.560 bits per heavy atom. The predicted octanol–water partition coefficient (Wildman–Crippen LogP) is 25.3. The van der Waals surface area contributed by atoms with E-state index in [9.17, 15) is 19.8 Å². The lowest BCUT2D eigenvalue weighted by Gasteiger charge is -2.20. The van der Waals surface area contributed by atoms with Crippen LogP contribution in [0.25, 0.3) is 0 Å². The standard InChI is InChI=1S/C78H151NO5/c1-3-5-7-9-11-13-15-17-19-43-46-50-54-58-62-66-70-76(81)75(74-80)79-77(82)71-67-63-59-55-51-47-44-41-39-37-35-33-31-29-27-25-23-21-20-22-24-26-28-30-32-34-36-38-40-42-45-49-53-57-61-65-69-73-84-78(83)72-68-64-60-56-52-48-18-16-14-12-10-8-6-4-2/h16,18,66,70,75-76,80-81H,3-15,17,19-65,67-69,71-74H2,1-2H3,(H,79,82)/b18-16-,70-66+. The van der Waals surface area contributed by atoms with Crippen LogP contribution in [-0.2, 0) is 14.3 Å². The van der Waals surface area contributed by atoms with Gasteiger partial charge in [-0.2, -0.15) is 0 Å². The number of allylic oxidation sites excluding steroid dienone is 3. The van der Waals surface area contributed by atoms with Crippen LogP contribution in [-0.4, -0.2) is 47.4 Å². The fourth-order valence-corrected chi connectivity index (χ4v) is 12.3. The van der Waals surface area contributed by atoms with Crippen LogP contribution in [0, 0.1) is 0 Å². The van der Waals surface area contributed by atoms with Crippen LogP contribution in [0.15, 0.2) is 24.3 Å². The fourth-order valence-electron chi connectivity index (χ4n) is 12.3. The van der Waals surface area contributed by atoms with Crippen LogP contribution in [0.2, 0.25) is 0 Å². The summed E-state index contributed by atoms with van der Waals surface area (Å²) in [5, 5.41) is 23.2. The normalized spacial score (nSPS) is 12.6. The van der Waals surface area contributed by atoms with Gasteiger partial charge in [0, 0.05) is 12.8 Å². The van der Waals surface area contributed by atoms with E-state index < -0.39 is 12.1 Å². The highest BCUT2D eigenvalue weighted by molar-refractivity contribution is 5.76. The predicted molar refractivity (Wildman–Crippen MR) is 370 cm³/mol. The number of carbonyl (C=O) groups is 2. The Hall–Kier alpha value is -1.66. The minimum Gasteiger partial charge on any atom is -0.466 e. The highest BCUT2D eigenvalue weighted by atomic mass is 16.5. The molecule has 0 aromatic heterocycles. The molecule has 0 spiro atoms. The molecule has 2 unspecified atom stereocenters. The second-order valence-corrected chi connectivity index (χ2v) is 26.7. The van der Waals surface area contributed by atoms with Crippen molar-refractivity contribution in [1.82, 2.24) is 5.32 Å². The van der Waals surface area contributed by atoms with Gasteiger partial charge in [-0.15, -0.1) is 0 Å². The first kappa shape index (κ1) is 82.3. The van der Waals surface area contributed by atoms with Crippen molar-refractivity contribution < 1.29 is 24.5 Å². The molecule has 0 heterocycles. The maximum absolute atomic E-state index is 12.5. The molecule has 2 atom stereocenters. The molecule has 6 nitrogen and oxygen atoms in total. The Morgan fingerprint density at radius 3 is 0.845 bits per heavy atom. The van der Waals surface area contributed by atoms with Crippen LogP contribution in [0.1, 0.15) is 438 Å². The summed E-state index contributed by atoms with van der Waals surface area (Å²) in [6.07, 6.45) is 94.5. The number of carbonyl (C=O) groups excluding carboxylic acids is 2. The van der Waals surface area contributed by atoms with Crippen molar-refractivity contribution in [3.05, 3.63) is 24.3 Å². The Labute approximate surface area is 526 Å². The second kappa shape index (κ2) is 73.8. The topological polar surface area (TPSA) is 95.9 Å². The number of unbranched alkanes of at least 4 members (excludes halogenated alkanes) is 60. The largest absolute Gasteiger partial charge is 0.466 e. The van der Waals surface area contributed by atoms with Crippen LogP contribution >= 0.6 is 0 Å². The van der Waals surface area contributed by atoms with Crippen molar-refractivity contribution in [1.29, 1.82) is 0 Å². The minimum absolute atomic E-state index is 0.0153. The van der Waals surface area contributed by atoms with Crippen LogP contribution in [0.4, 0.5) is 0 Å². The van der Waals surface area contributed by atoms with Gasteiger partial charge in [0.1, 0.15) is 0 Å². The van der Waals surface area contributed by atoms with E-state index in [4.69, 9.17) is 4.74 Å². The highest BCUT2D eigenvalue weighted by Gasteiger charge is 2.18. The molecule has 0 bridgehead atoms. The van der Waals surface area contributed by atoms with E-state index in [0.717, 1.165) is 44.9 Å². The second-order valence-electron chi connectivity index (χ2n) is 26.7. The number of ether oxygens (including phenoxy) is 1. The smallest absolute Gasteiger partial charge is 0.305 e. The van der Waals surface area contributed by atoms with Gasteiger partial charge >= 0.3 is 5.97 Å². The molecule has 0 saturated heterocycles. The molecule has 84 heavy (non-hydrogen) atoms. The molecule has 0 saturated carbocycles. The summed E-state index contributed by atoms with van der Waals surface area (Å²) in [5.41, 5.74) is 0. The van der Waals surface area contributed by atoms with Gasteiger partial charge in [-0.3, -0.25) is 9.59 Å². The Bertz CT molecular complexity index is 1320. The number of rotatable bonds is 73. The molecule has 3 N–H and O–H groups in total. The monoisotopic (exact) mass is 1180 g/mol. The molecular formula is C78H151NO5. The molecule has 0 aliphatic carbocycles. The number of aliphatic hydroxyl groups excluding tert-OH is 2. The molecule has 0 aromatic rings. The van der Waals surface area contributed by atoms with Gasteiger partial charge in [0.05, 0.1) is 25.4 Å². The third kappa shape index (κ3) is 69.4. The van der Waals surface area contributed by atoms with Crippen molar-refractivity contribution in [3.8, 4) is 0 Å². The zero-order valence-corrected chi connectivity index (χ0v) is 57.2. The molecule has 6 heteroatoms. The molecule has 0 rings (SSSR count). The van der Waals surface area contributed by atoms with Crippen LogP contribution in [0.5, 0.6) is 0 Å². The summed E-state index contributed by atoms with van der Waals surface area (Å²) in [7, 11) is 0. The summed E-state index contributed by atoms with van der Waals surface area (Å²) in [6, 6.07) is -0.623. The van der Waals surface area contributed by atoms with Gasteiger partial charge in [-0.1, -0.05) is 391 Å². The van der Waals surface area contributed by atoms with Crippen LogP contribution < -0.4 is 5.32 Å². The zero-order valence-electron chi connectivity index (χ0n) is 57.2. The third-order valence-electron chi connectivity index (χ3n) is 18.2. The number of nitrogens with one attached hydrogen (secondary N) is 1. The van der Waals surface area contributed by atoms with Crippen molar-refractivity contribution in [2.45, 2.75) is 450 Å². The molecule has 1 amide bonds. The highest BCUT2D eigenvalue weighted by Crippen LogP contribution is 2.20. The van der Waals surface area contributed by atoms with E-state index in [2.05, 4.69) is 31.3 Å². The van der Waals surface area contributed by atoms with Crippen molar-refractivity contribution in [2.75, 3.05) is 13.2 Å². The average molecular weight is 1180 g/mol. The Balaban J connectivity index is 3.31. The van der Waals surface area contributed by atoms with Gasteiger partial charge in [0.2, 0.25) is 5.91 Å². The number of hydrogen-bond acceptors (Lipinski definition) is 5. The van der Waals surface area contributed by atoms with Crippen LogP contribution in [0.3, 0.4) is 0 Å². The average Bonchev–Trinajstić information content (AvgIpc) is 3.51. The third-order valence-corrected chi connectivity index (χ3v) is 18.2. The maximum atomic E-state index is 12.5. The molecule has 0 aliphatic rings. The Morgan fingerprint density at radius 1 is 0.321 bits per heavy atom. The van der Waals surface area contributed by atoms with Gasteiger partial charge in [-0.25, -0.2) is 0 Å². The number of amides is 1. The molecule has 0 aliphatic heterocycles. The molecule has 0 radical (unpaired) electrons. The first-order valence-electron chi connectivity index (χ1n) is 38.6. The minimum atomic E-state index is -0.840. The van der Waals surface area contributed by atoms with Gasteiger partial charge in [0.25, 0.3) is 0 Å². The lowest BCUT2D eigenvalue weighted by Crippen LogP contribution is -2.45. The number of hydrogen-bond donors (Lipinski definition) is 3. The first-order valence-corrected chi connectivity index (χ1v) is 38.6. The lowest BCUT2D eigenvalue weighted by molar-refractivity contribution is -0.143. The summed E-state index contributed by atoms with van der Waals surface area (Å²) in [4.78, 5) is 24.6. The van der Waals surface area contributed by atoms with E-state index >= 15 is 0 Å². The SMILES string of the molecule is CCCCCCC/C=C\CCCCCCCC(=O)OCCCCCCCCCCCCCCCCCCCCCCCCCCCCCCCCCCCCCCCC(=O)NC(CO)C(O)/C=C/CCCCCCCCCCCCCCCC. The number of aliphatic hydroxyl groups is 2. The summed E-state index contributed by atoms with van der Waals surface area (Å²) < 4.78 is 5.49. The van der Waals surface area contributed by atoms with Crippen molar-refractivity contribution in [3.63, 3.8) is 0 Å². The van der Waals surface area contributed by atoms with E-state index in [1.165, 1.54) is 366 Å². The van der Waals surface area contributed by atoms with Crippen molar-refractivity contribution in [2.24, 2.45) is 0 Å². The van der Waals surface area contributed by atoms with Gasteiger partial charge in [0.15, 0.2) is 0 Å². The lowest BCUT2D eigenvalue weighted by atomic mass is 10.0. The van der Waals surface area contributed by atoms with E-state index in [1.54, 1.807) is 6.08 Å². The van der Waals surface area contributed by atoms with E-state index in [1.807, 2.05) is 6.08 Å². The fraction of sp³-hybridized carbons (Fsp3) is 0.923. The van der Waals surface area contributed by atoms with E-state index in [0.29, 0.717) is 19.4 Å². The van der Waals surface area contributed by atoms with Gasteiger partial charge in [-0.05, 0) is 57.8 Å². The van der Waals surface area contributed by atoms with Crippen molar-refractivity contribution >= 4 is 11.9 Å². The van der Waals surface area contributed by atoms with E-state index in [-0.39, 0.29) is 18.5 Å². The summed E-state index contributed by atoms with van der Waals surface area (Å²) in [5.74, 6) is -0.0436.